The Morgan fingerprint density at radius 1 is 1.60 bits per heavy atom. The summed E-state index contributed by atoms with van der Waals surface area (Å²) in [5, 5.41) is 8.10. The minimum absolute atomic E-state index is 0. The van der Waals surface area contributed by atoms with Gasteiger partial charge < -0.3 is 19.4 Å². The first-order chi connectivity index (χ1) is 4.04. The Labute approximate surface area is 90.7 Å². The zero-order chi connectivity index (χ0) is 7.44. The van der Waals surface area contributed by atoms with Gasteiger partial charge in [-0.3, -0.25) is 9.59 Å². The molecule has 0 bridgehead atoms. The molecule has 0 saturated carbocycles. The van der Waals surface area contributed by atoms with Crippen LogP contribution in [-0.2, 0) is 9.59 Å². The van der Waals surface area contributed by atoms with E-state index >= 15 is 0 Å². The van der Waals surface area contributed by atoms with Crippen molar-refractivity contribution in [2.75, 3.05) is 0 Å². The molecule has 5 N–H and O–H groups in total. The van der Waals surface area contributed by atoms with Crippen molar-refractivity contribution in [3.8, 4) is 0 Å². The summed E-state index contributed by atoms with van der Waals surface area (Å²) in [6.07, 6.45) is -0.310. The molecule has 0 aromatic carbocycles. The predicted octanol–water partition coefficient (Wildman–Crippen LogP) is -1.88. The third-order valence-electron chi connectivity index (χ3n) is 0.738. The molecule has 1 unspecified atom stereocenters. The molecule has 0 aliphatic rings. The van der Waals surface area contributed by atoms with Gasteiger partial charge in [0, 0.05) is 0 Å². The van der Waals surface area contributed by atoms with Crippen molar-refractivity contribution < 1.29 is 17.5 Å². The number of hydrogen-bond donors (Lipinski definition) is 3. The predicted molar refractivity (Wildman–Crippen MR) is 37.4 cm³/mol. The number of aliphatic carboxylic acids is 1. The molecule has 0 radical (unpaired) electrons. The molecule has 56 valence electrons. The number of carbonyl (C=O) groups excluding carboxylic acids is 1. The van der Waals surface area contributed by atoms with Crippen LogP contribution in [0.2, 0.25) is 0 Å². The zero-order valence-corrected chi connectivity index (χ0v) is 7.62. The molecule has 0 heterocycles. The topological polar surface area (TPSA) is 106 Å². The third-order valence-corrected chi connectivity index (χ3v) is 0.738. The van der Waals surface area contributed by atoms with Crippen LogP contribution in [0.25, 0.3) is 0 Å². The number of primary amides is 1. The number of rotatable bonds is 3. The molecule has 0 aliphatic carbocycles. The summed E-state index contributed by atoms with van der Waals surface area (Å²) in [6, 6.07) is -1.16. The first-order valence-electron chi connectivity index (χ1n) is 2.30. The van der Waals surface area contributed by atoms with E-state index in [4.69, 9.17) is 10.8 Å². The summed E-state index contributed by atoms with van der Waals surface area (Å²) < 4.78 is 0. The summed E-state index contributed by atoms with van der Waals surface area (Å²) in [5.74, 6) is -1.92. The van der Waals surface area contributed by atoms with Crippen LogP contribution in [0.4, 0.5) is 0 Å². The summed E-state index contributed by atoms with van der Waals surface area (Å²) in [6.45, 7) is 0. The molecule has 0 spiro atoms. The SMILES string of the molecule is NC(=O)CC(N)C(=O)O.[Ca+2].[H-].[H-]. The maximum absolute atomic E-state index is 9.99. The average Bonchev–Trinajstić information content (AvgIpc) is 1.63. The van der Waals surface area contributed by atoms with Crippen LogP contribution >= 0.6 is 0 Å². The number of nitrogens with two attached hydrogens (primary N) is 2. The van der Waals surface area contributed by atoms with Gasteiger partial charge in [-0.25, -0.2) is 0 Å². The van der Waals surface area contributed by atoms with Crippen LogP contribution in [0.15, 0.2) is 0 Å². The molecule has 5 nitrogen and oxygen atoms in total. The number of carboxylic acid groups (broad SMARTS) is 1. The second kappa shape index (κ2) is 5.91. The second-order valence-electron chi connectivity index (χ2n) is 1.62. The summed E-state index contributed by atoms with van der Waals surface area (Å²) in [7, 11) is 0. The van der Waals surface area contributed by atoms with Gasteiger partial charge in [0.1, 0.15) is 6.04 Å². The molecule has 1 amide bonds. The molecule has 0 aromatic rings. The fourth-order valence-electron chi connectivity index (χ4n) is 0.304. The Kier molecular flexibility index (Phi) is 7.56. The van der Waals surface area contributed by atoms with Gasteiger partial charge in [0.2, 0.25) is 5.91 Å². The van der Waals surface area contributed by atoms with Gasteiger partial charge in [0.05, 0.1) is 6.42 Å². The molecule has 0 saturated heterocycles. The van der Waals surface area contributed by atoms with Crippen LogP contribution in [0.3, 0.4) is 0 Å². The van der Waals surface area contributed by atoms with Crippen LogP contribution in [0, 0.1) is 0 Å². The van der Waals surface area contributed by atoms with E-state index in [-0.39, 0.29) is 47.0 Å². The van der Waals surface area contributed by atoms with Crippen molar-refractivity contribution in [2.24, 2.45) is 11.5 Å². The van der Waals surface area contributed by atoms with E-state index in [9.17, 15) is 9.59 Å². The Bertz CT molecular complexity index is 146. The minimum Gasteiger partial charge on any atom is -1.00 e. The van der Waals surface area contributed by atoms with Crippen molar-refractivity contribution >= 4 is 49.6 Å². The fourth-order valence-corrected chi connectivity index (χ4v) is 0.304. The van der Waals surface area contributed by atoms with Crippen LogP contribution < -0.4 is 11.5 Å². The largest absolute Gasteiger partial charge is 2.00 e. The summed E-state index contributed by atoms with van der Waals surface area (Å²) >= 11 is 0. The van der Waals surface area contributed by atoms with Gasteiger partial charge in [0.25, 0.3) is 0 Å². The smallest absolute Gasteiger partial charge is 1.00 e. The van der Waals surface area contributed by atoms with Gasteiger partial charge >= 0.3 is 43.7 Å². The van der Waals surface area contributed by atoms with Gasteiger partial charge in [-0.1, -0.05) is 0 Å². The van der Waals surface area contributed by atoms with E-state index in [0.29, 0.717) is 0 Å². The van der Waals surface area contributed by atoms with Crippen LogP contribution in [-0.4, -0.2) is 60.8 Å². The van der Waals surface area contributed by atoms with Gasteiger partial charge in [-0.05, 0) is 0 Å². The molecule has 0 aliphatic heterocycles. The van der Waals surface area contributed by atoms with Crippen molar-refractivity contribution in [2.45, 2.75) is 12.5 Å². The maximum atomic E-state index is 9.99. The fraction of sp³-hybridized carbons (Fsp3) is 0.500. The first-order valence-corrected chi connectivity index (χ1v) is 2.30. The van der Waals surface area contributed by atoms with E-state index in [0.717, 1.165) is 0 Å². The Balaban J connectivity index is -0.000000107. The van der Waals surface area contributed by atoms with Crippen molar-refractivity contribution in [1.29, 1.82) is 0 Å². The monoisotopic (exact) mass is 174 g/mol. The van der Waals surface area contributed by atoms with Crippen molar-refractivity contribution in [3.63, 3.8) is 0 Å². The summed E-state index contributed by atoms with van der Waals surface area (Å²) in [5.41, 5.74) is 9.57. The number of carboxylic acids is 1. The van der Waals surface area contributed by atoms with E-state index in [1.165, 1.54) is 0 Å². The van der Waals surface area contributed by atoms with Gasteiger partial charge in [0.15, 0.2) is 0 Å². The van der Waals surface area contributed by atoms with E-state index < -0.39 is 17.9 Å². The van der Waals surface area contributed by atoms with Crippen LogP contribution in [0.5, 0.6) is 0 Å². The Morgan fingerprint density at radius 2 is 2.00 bits per heavy atom. The van der Waals surface area contributed by atoms with Crippen LogP contribution in [0.1, 0.15) is 9.27 Å². The van der Waals surface area contributed by atoms with E-state index in [1.807, 2.05) is 0 Å². The molecular formula is C4H10CaN2O3. The standard InChI is InChI=1S/C4H8N2O3.Ca.2H/c5-2(4(8)9)1-3(6)7;;;/h2H,1,5H2,(H2,6,7)(H,8,9);;;/q;+2;2*-1. The Hall–Kier alpha value is 0.160. The molecule has 0 rings (SSSR count). The number of carbonyl (C=O) groups is 2. The van der Waals surface area contributed by atoms with Gasteiger partial charge in [-0.2, -0.15) is 0 Å². The van der Waals surface area contributed by atoms with E-state index in [1.54, 1.807) is 0 Å². The van der Waals surface area contributed by atoms with Crippen molar-refractivity contribution in [3.05, 3.63) is 0 Å². The molecule has 0 fully saturated rings. The second-order valence-corrected chi connectivity index (χ2v) is 1.62. The third kappa shape index (κ3) is 6.28. The normalized spacial score (nSPS) is 11.3. The zero-order valence-electron chi connectivity index (χ0n) is 7.41. The first kappa shape index (κ1) is 12.8. The maximum Gasteiger partial charge on any atom is 2.00 e. The minimum atomic E-state index is -1.21. The molecule has 1 atom stereocenters. The van der Waals surface area contributed by atoms with E-state index in [2.05, 4.69) is 5.73 Å². The summed E-state index contributed by atoms with van der Waals surface area (Å²) in [4.78, 5) is 19.9. The van der Waals surface area contributed by atoms with Gasteiger partial charge in [-0.15, -0.1) is 0 Å². The average molecular weight is 174 g/mol. The van der Waals surface area contributed by atoms with Crippen molar-refractivity contribution in [1.82, 2.24) is 0 Å². The molecule has 10 heavy (non-hydrogen) atoms. The molecule has 6 heteroatoms. The molecular weight excluding hydrogens is 164 g/mol. The number of amides is 1. The quantitative estimate of drug-likeness (QED) is 0.435. The number of hydrogen-bond acceptors (Lipinski definition) is 3. The Morgan fingerprint density at radius 3 is 2.10 bits per heavy atom. The molecule has 0 aromatic heterocycles.